The van der Waals surface area contributed by atoms with Crippen LogP contribution >= 0.6 is 0 Å². The fourth-order valence-corrected chi connectivity index (χ4v) is 1.87. The first kappa shape index (κ1) is 15.0. The van der Waals surface area contributed by atoms with E-state index in [1.54, 1.807) is 0 Å². The molecule has 0 heterocycles. The minimum absolute atomic E-state index is 0.132. The van der Waals surface area contributed by atoms with Gasteiger partial charge in [-0.25, -0.2) is 0 Å². The highest BCUT2D eigenvalue weighted by Gasteiger charge is 2.18. The number of aliphatic carboxylic acids is 1. The smallest absolute Gasteiger partial charge is 0.305 e. The summed E-state index contributed by atoms with van der Waals surface area (Å²) in [7, 11) is 0. The number of aryl methyl sites for hydroxylation is 1. The highest BCUT2D eigenvalue weighted by atomic mass is 16.4. The van der Waals surface area contributed by atoms with Crippen LogP contribution in [0.15, 0.2) is 35.9 Å². The number of nitrogens with one attached hydrogen (secondary N) is 1. The Morgan fingerprint density at radius 3 is 2.47 bits per heavy atom. The van der Waals surface area contributed by atoms with E-state index in [4.69, 9.17) is 5.11 Å². The number of hydrogen-bond acceptors (Lipinski definition) is 2. The van der Waals surface area contributed by atoms with E-state index in [1.165, 1.54) is 6.08 Å². The number of amides is 1. The molecular formula is C15H19NO3. The van der Waals surface area contributed by atoms with Gasteiger partial charge in [0.25, 0.3) is 0 Å². The third kappa shape index (κ3) is 4.95. The van der Waals surface area contributed by atoms with Crippen LogP contribution in [0.2, 0.25) is 0 Å². The average molecular weight is 261 g/mol. The average Bonchev–Trinajstić information content (AvgIpc) is 2.26. The van der Waals surface area contributed by atoms with E-state index in [-0.39, 0.29) is 12.3 Å². The summed E-state index contributed by atoms with van der Waals surface area (Å²) in [5, 5.41) is 11.7. The lowest BCUT2D eigenvalue weighted by atomic mass is 9.98. The zero-order valence-corrected chi connectivity index (χ0v) is 11.4. The summed E-state index contributed by atoms with van der Waals surface area (Å²) >= 11 is 0. The van der Waals surface area contributed by atoms with Crippen molar-refractivity contribution >= 4 is 11.9 Å². The molecule has 0 aliphatic heterocycles. The van der Waals surface area contributed by atoms with Crippen molar-refractivity contribution in [3.05, 3.63) is 47.0 Å². The van der Waals surface area contributed by atoms with Gasteiger partial charge in [-0.05, 0) is 31.9 Å². The van der Waals surface area contributed by atoms with Crippen LogP contribution in [0.4, 0.5) is 0 Å². The number of carbonyl (C=O) groups is 2. The molecule has 0 bridgehead atoms. The molecule has 0 aliphatic rings. The molecule has 1 unspecified atom stereocenters. The van der Waals surface area contributed by atoms with Gasteiger partial charge in [-0.1, -0.05) is 29.8 Å². The summed E-state index contributed by atoms with van der Waals surface area (Å²) < 4.78 is 0. The van der Waals surface area contributed by atoms with E-state index < -0.39 is 12.0 Å². The quantitative estimate of drug-likeness (QED) is 0.801. The Bertz CT molecular complexity index is 502. The Hall–Kier alpha value is -2.10. The fourth-order valence-electron chi connectivity index (χ4n) is 1.87. The van der Waals surface area contributed by atoms with Crippen molar-refractivity contribution in [3.63, 3.8) is 0 Å². The molecule has 1 aromatic carbocycles. The first-order valence-electron chi connectivity index (χ1n) is 6.13. The Kier molecular flexibility index (Phi) is 5.30. The van der Waals surface area contributed by atoms with Crippen molar-refractivity contribution in [1.29, 1.82) is 0 Å². The van der Waals surface area contributed by atoms with Gasteiger partial charge in [0, 0.05) is 6.08 Å². The Balaban J connectivity index is 2.96. The molecule has 0 spiro atoms. The zero-order valence-electron chi connectivity index (χ0n) is 11.4. The minimum atomic E-state index is -0.939. The molecule has 2 N–H and O–H groups in total. The second-order valence-electron chi connectivity index (χ2n) is 4.74. The molecule has 0 fully saturated rings. The van der Waals surface area contributed by atoms with Crippen LogP contribution in [0, 0.1) is 6.92 Å². The first-order chi connectivity index (χ1) is 8.90. The van der Waals surface area contributed by atoms with Crippen LogP contribution in [0.1, 0.15) is 37.4 Å². The summed E-state index contributed by atoms with van der Waals surface area (Å²) in [6, 6.07) is 6.95. The molecule has 0 saturated heterocycles. The van der Waals surface area contributed by atoms with E-state index in [1.807, 2.05) is 45.0 Å². The molecule has 4 heteroatoms. The lowest BCUT2D eigenvalue weighted by molar-refractivity contribution is -0.137. The maximum absolute atomic E-state index is 11.7. The van der Waals surface area contributed by atoms with Crippen LogP contribution in [0.3, 0.4) is 0 Å². The van der Waals surface area contributed by atoms with Crippen LogP contribution in [-0.2, 0) is 9.59 Å². The lowest BCUT2D eigenvalue weighted by Gasteiger charge is -2.18. The molecule has 102 valence electrons. The largest absolute Gasteiger partial charge is 0.481 e. The standard InChI is InChI=1S/C15H19NO3/c1-10(2)8-14(17)16-13(9-15(18)19)12-7-5-4-6-11(12)3/h4-8,13H,9H2,1-3H3,(H,16,17)(H,18,19). The molecule has 0 radical (unpaired) electrons. The molecule has 0 aliphatic carbocycles. The monoisotopic (exact) mass is 261 g/mol. The molecule has 0 saturated carbocycles. The summed E-state index contributed by atoms with van der Waals surface area (Å²) in [5.41, 5.74) is 2.67. The highest BCUT2D eigenvalue weighted by molar-refractivity contribution is 5.88. The number of benzene rings is 1. The second kappa shape index (κ2) is 6.73. The van der Waals surface area contributed by atoms with Gasteiger partial charge in [0.15, 0.2) is 0 Å². The maximum Gasteiger partial charge on any atom is 0.305 e. The van der Waals surface area contributed by atoms with Gasteiger partial charge < -0.3 is 10.4 Å². The van der Waals surface area contributed by atoms with Crippen LogP contribution < -0.4 is 5.32 Å². The van der Waals surface area contributed by atoms with E-state index in [0.29, 0.717) is 0 Å². The van der Waals surface area contributed by atoms with Crippen molar-refractivity contribution in [1.82, 2.24) is 5.32 Å². The summed E-state index contributed by atoms with van der Waals surface area (Å²) in [4.78, 5) is 22.7. The molecule has 1 atom stereocenters. The molecule has 1 rings (SSSR count). The number of carboxylic acid groups (broad SMARTS) is 1. The van der Waals surface area contributed by atoms with Crippen LogP contribution in [0.25, 0.3) is 0 Å². The summed E-state index contributed by atoms with van der Waals surface area (Å²) in [6.45, 7) is 5.54. The third-order valence-electron chi connectivity index (χ3n) is 2.68. The Morgan fingerprint density at radius 2 is 1.95 bits per heavy atom. The van der Waals surface area contributed by atoms with E-state index in [0.717, 1.165) is 16.7 Å². The predicted molar refractivity (Wildman–Crippen MR) is 73.7 cm³/mol. The normalized spacial score (nSPS) is 11.5. The third-order valence-corrected chi connectivity index (χ3v) is 2.68. The predicted octanol–water partition coefficient (Wildman–Crippen LogP) is 2.59. The van der Waals surface area contributed by atoms with Crippen molar-refractivity contribution < 1.29 is 14.7 Å². The van der Waals surface area contributed by atoms with E-state index in [2.05, 4.69) is 5.32 Å². The van der Waals surface area contributed by atoms with Crippen molar-refractivity contribution in [2.24, 2.45) is 0 Å². The summed E-state index contributed by atoms with van der Waals surface area (Å²) in [5.74, 6) is -1.21. The van der Waals surface area contributed by atoms with E-state index >= 15 is 0 Å². The molecule has 19 heavy (non-hydrogen) atoms. The van der Waals surface area contributed by atoms with Gasteiger partial charge in [0.2, 0.25) is 5.91 Å². The highest BCUT2D eigenvalue weighted by Crippen LogP contribution is 2.20. The van der Waals surface area contributed by atoms with Gasteiger partial charge in [-0.3, -0.25) is 9.59 Å². The molecule has 1 amide bonds. The van der Waals surface area contributed by atoms with Gasteiger partial charge in [-0.2, -0.15) is 0 Å². The zero-order chi connectivity index (χ0) is 14.4. The topological polar surface area (TPSA) is 66.4 Å². The number of rotatable bonds is 5. The SMILES string of the molecule is CC(C)=CC(=O)NC(CC(=O)O)c1ccccc1C. The minimum Gasteiger partial charge on any atom is -0.481 e. The molecule has 4 nitrogen and oxygen atoms in total. The van der Waals surface area contributed by atoms with Crippen LogP contribution in [0.5, 0.6) is 0 Å². The van der Waals surface area contributed by atoms with Crippen molar-refractivity contribution in [2.45, 2.75) is 33.2 Å². The molecule has 0 aromatic heterocycles. The number of allylic oxidation sites excluding steroid dienone is 1. The van der Waals surface area contributed by atoms with Gasteiger partial charge in [-0.15, -0.1) is 0 Å². The Labute approximate surface area is 113 Å². The van der Waals surface area contributed by atoms with Crippen molar-refractivity contribution in [2.75, 3.05) is 0 Å². The lowest BCUT2D eigenvalue weighted by Crippen LogP contribution is -2.29. The second-order valence-corrected chi connectivity index (χ2v) is 4.74. The van der Waals surface area contributed by atoms with Gasteiger partial charge in [0.05, 0.1) is 12.5 Å². The fraction of sp³-hybridized carbons (Fsp3) is 0.333. The Morgan fingerprint density at radius 1 is 1.32 bits per heavy atom. The number of hydrogen-bond donors (Lipinski definition) is 2. The van der Waals surface area contributed by atoms with E-state index in [9.17, 15) is 9.59 Å². The number of carboxylic acids is 1. The molecular weight excluding hydrogens is 242 g/mol. The van der Waals surface area contributed by atoms with Gasteiger partial charge >= 0.3 is 5.97 Å². The van der Waals surface area contributed by atoms with Crippen molar-refractivity contribution in [3.8, 4) is 0 Å². The first-order valence-corrected chi connectivity index (χ1v) is 6.13. The van der Waals surface area contributed by atoms with Gasteiger partial charge in [0.1, 0.15) is 0 Å². The molecule has 1 aromatic rings. The summed E-state index contributed by atoms with van der Waals surface area (Å²) in [6.07, 6.45) is 1.33. The maximum atomic E-state index is 11.7. The van der Waals surface area contributed by atoms with Crippen LogP contribution in [-0.4, -0.2) is 17.0 Å². The number of carbonyl (C=O) groups excluding carboxylic acids is 1.